The summed E-state index contributed by atoms with van der Waals surface area (Å²) in [4.78, 5) is 24.2. The number of carbonyl (C=O) groups is 2. The third kappa shape index (κ3) is 5.87. The van der Waals surface area contributed by atoms with E-state index in [1.165, 1.54) is 54.6 Å². The van der Waals surface area contributed by atoms with Crippen LogP contribution in [-0.2, 0) is 19.6 Å². The van der Waals surface area contributed by atoms with E-state index in [9.17, 15) is 18.0 Å². The number of benzene rings is 1. The molecule has 1 aliphatic carbocycles. The van der Waals surface area contributed by atoms with Gasteiger partial charge in [0.25, 0.3) is 5.91 Å². The molecular formula is C25H35N3O5S. The lowest BCUT2D eigenvalue weighted by molar-refractivity contribution is -0.120. The molecule has 0 bridgehead atoms. The molecule has 2 amide bonds. The minimum Gasteiger partial charge on any atom is -0.354 e. The highest BCUT2D eigenvalue weighted by molar-refractivity contribution is 7.89. The van der Waals surface area contributed by atoms with Crippen LogP contribution in [0.4, 0.5) is 0 Å². The Balaban J connectivity index is 1.30. The molecule has 34 heavy (non-hydrogen) atoms. The van der Waals surface area contributed by atoms with Gasteiger partial charge in [-0.2, -0.15) is 4.31 Å². The van der Waals surface area contributed by atoms with Crippen molar-refractivity contribution in [2.24, 2.45) is 11.8 Å². The fraction of sp³-hybridized carbons (Fsp3) is 0.600. The zero-order valence-electron chi connectivity index (χ0n) is 19.6. The van der Waals surface area contributed by atoms with Crippen molar-refractivity contribution in [3.63, 3.8) is 0 Å². The van der Waals surface area contributed by atoms with E-state index in [-0.39, 0.29) is 35.3 Å². The molecule has 186 valence electrons. The lowest BCUT2D eigenvalue weighted by Crippen LogP contribution is -2.45. The minimum absolute atomic E-state index is 0.166. The van der Waals surface area contributed by atoms with Crippen LogP contribution in [0.1, 0.15) is 61.7 Å². The molecule has 8 nitrogen and oxygen atoms in total. The molecule has 1 saturated carbocycles. The zero-order valence-corrected chi connectivity index (χ0v) is 20.4. The Hall–Kier alpha value is -2.23. The Labute approximate surface area is 202 Å². The summed E-state index contributed by atoms with van der Waals surface area (Å²) in [6, 6.07) is 6.14. The number of sulfonamides is 1. The maximum atomic E-state index is 13.2. The van der Waals surface area contributed by atoms with Crippen LogP contribution in [0.5, 0.6) is 0 Å². The zero-order chi connectivity index (χ0) is 24.1. The number of hydrogen-bond acceptors (Lipinski definition) is 5. The number of carbonyl (C=O) groups excluding carboxylic acids is 2. The summed E-state index contributed by atoms with van der Waals surface area (Å²) < 4.78 is 33.7. The third-order valence-corrected chi connectivity index (χ3v) is 9.20. The van der Waals surface area contributed by atoms with Gasteiger partial charge in [0.15, 0.2) is 0 Å². The Kier molecular flexibility index (Phi) is 8.06. The smallest absolute Gasteiger partial charge is 0.251 e. The van der Waals surface area contributed by atoms with E-state index in [4.69, 9.17) is 4.74 Å². The molecule has 0 radical (unpaired) electrons. The molecule has 0 aromatic heterocycles. The van der Waals surface area contributed by atoms with Crippen LogP contribution in [0, 0.1) is 11.8 Å². The molecule has 3 fully saturated rings. The Morgan fingerprint density at radius 1 is 1.12 bits per heavy atom. The maximum Gasteiger partial charge on any atom is 0.251 e. The fourth-order valence-electron chi connectivity index (χ4n) is 5.33. The van der Waals surface area contributed by atoms with Gasteiger partial charge >= 0.3 is 0 Å². The average Bonchev–Trinajstić information content (AvgIpc) is 3.26. The van der Waals surface area contributed by atoms with Crippen LogP contribution < -0.4 is 10.6 Å². The van der Waals surface area contributed by atoms with Crippen molar-refractivity contribution in [1.29, 1.82) is 0 Å². The standard InChI is InChI=1S/C25H35N3O5S/c1-2-23(29)27-24-16-20-13-15-28(17-22(20)33-24)34(31,32)21-10-8-19(9-11-21)25(30)26-14-12-18-6-4-3-5-7-18/h2,8-11,18,20,22,24H,1,3-7,12-17H2,(H,26,30)(H,27,29). The highest BCUT2D eigenvalue weighted by Crippen LogP contribution is 2.34. The van der Waals surface area contributed by atoms with Gasteiger partial charge in [0.2, 0.25) is 15.9 Å². The number of hydrogen-bond donors (Lipinski definition) is 2. The third-order valence-electron chi connectivity index (χ3n) is 7.32. The molecule has 3 unspecified atom stereocenters. The van der Waals surface area contributed by atoms with Crippen molar-refractivity contribution >= 4 is 21.8 Å². The second kappa shape index (κ2) is 11.0. The van der Waals surface area contributed by atoms with Crippen molar-refractivity contribution in [2.75, 3.05) is 19.6 Å². The van der Waals surface area contributed by atoms with Gasteiger partial charge in [0.1, 0.15) is 6.23 Å². The van der Waals surface area contributed by atoms with Crippen LogP contribution in [0.2, 0.25) is 0 Å². The fourth-order valence-corrected chi connectivity index (χ4v) is 6.79. The van der Waals surface area contributed by atoms with E-state index >= 15 is 0 Å². The van der Waals surface area contributed by atoms with Gasteiger partial charge in [0.05, 0.1) is 11.0 Å². The van der Waals surface area contributed by atoms with E-state index < -0.39 is 16.3 Å². The molecule has 1 aromatic rings. The number of piperidine rings is 1. The van der Waals surface area contributed by atoms with E-state index in [2.05, 4.69) is 17.2 Å². The summed E-state index contributed by atoms with van der Waals surface area (Å²) in [6.45, 7) is 4.74. The molecule has 2 heterocycles. The van der Waals surface area contributed by atoms with Crippen LogP contribution in [-0.4, -0.2) is 56.5 Å². The van der Waals surface area contributed by atoms with Crippen LogP contribution in [0.3, 0.4) is 0 Å². The summed E-state index contributed by atoms with van der Waals surface area (Å²) in [7, 11) is -3.70. The topological polar surface area (TPSA) is 105 Å². The van der Waals surface area contributed by atoms with Gasteiger partial charge in [-0.25, -0.2) is 8.42 Å². The number of amides is 2. The first-order valence-corrected chi connectivity index (χ1v) is 13.8. The second-order valence-corrected chi connectivity index (χ2v) is 11.5. The first kappa shape index (κ1) is 24.9. The molecule has 2 aliphatic heterocycles. The van der Waals surface area contributed by atoms with E-state index in [0.717, 1.165) is 6.42 Å². The average molecular weight is 490 g/mol. The highest BCUT2D eigenvalue weighted by Gasteiger charge is 2.42. The SMILES string of the molecule is C=CC(=O)NC1CC2CCN(S(=O)(=O)c3ccc(C(=O)NCCC4CCCCC4)cc3)CC2O1. The van der Waals surface area contributed by atoms with Gasteiger partial charge in [0, 0.05) is 25.2 Å². The van der Waals surface area contributed by atoms with Gasteiger partial charge in [-0.15, -0.1) is 0 Å². The predicted octanol–water partition coefficient (Wildman–Crippen LogP) is 2.81. The molecule has 0 spiro atoms. The molecule has 4 rings (SSSR count). The van der Waals surface area contributed by atoms with Crippen molar-refractivity contribution in [2.45, 2.75) is 68.6 Å². The summed E-state index contributed by atoms with van der Waals surface area (Å²) >= 11 is 0. The van der Waals surface area contributed by atoms with Crippen LogP contribution >= 0.6 is 0 Å². The van der Waals surface area contributed by atoms with Gasteiger partial charge in [-0.3, -0.25) is 9.59 Å². The van der Waals surface area contributed by atoms with E-state index in [1.54, 1.807) is 12.1 Å². The number of nitrogens with one attached hydrogen (secondary N) is 2. The Morgan fingerprint density at radius 2 is 1.85 bits per heavy atom. The lowest BCUT2D eigenvalue weighted by atomic mass is 9.87. The summed E-state index contributed by atoms with van der Waals surface area (Å²) in [6.07, 6.45) is 9.24. The van der Waals surface area contributed by atoms with Crippen molar-refractivity contribution in [3.8, 4) is 0 Å². The summed E-state index contributed by atoms with van der Waals surface area (Å²) in [5.74, 6) is 0.433. The quantitative estimate of drug-likeness (QED) is 0.547. The number of fused-ring (bicyclic) bond motifs is 1. The predicted molar refractivity (Wildman–Crippen MR) is 128 cm³/mol. The van der Waals surface area contributed by atoms with Crippen LogP contribution in [0.15, 0.2) is 41.8 Å². The van der Waals surface area contributed by atoms with Crippen molar-refractivity contribution in [3.05, 3.63) is 42.5 Å². The summed E-state index contributed by atoms with van der Waals surface area (Å²) in [5, 5.41) is 5.70. The molecule has 9 heteroatoms. The first-order valence-electron chi connectivity index (χ1n) is 12.3. The summed E-state index contributed by atoms with van der Waals surface area (Å²) in [5.41, 5.74) is 0.459. The van der Waals surface area contributed by atoms with E-state index in [0.29, 0.717) is 37.4 Å². The monoisotopic (exact) mass is 489 g/mol. The highest BCUT2D eigenvalue weighted by atomic mass is 32.2. The van der Waals surface area contributed by atoms with Gasteiger partial charge < -0.3 is 15.4 Å². The minimum atomic E-state index is -3.70. The number of nitrogens with zero attached hydrogens (tertiary/aromatic N) is 1. The molecule has 2 N–H and O–H groups in total. The molecule has 3 atom stereocenters. The van der Waals surface area contributed by atoms with E-state index in [1.807, 2.05) is 0 Å². The maximum absolute atomic E-state index is 13.2. The van der Waals surface area contributed by atoms with Crippen molar-refractivity contribution < 1.29 is 22.7 Å². The van der Waals surface area contributed by atoms with Gasteiger partial charge in [-0.05, 0) is 61.4 Å². The normalized spacial score (nSPS) is 25.9. The Morgan fingerprint density at radius 3 is 2.56 bits per heavy atom. The largest absolute Gasteiger partial charge is 0.354 e. The Bertz CT molecular complexity index is 988. The number of rotatable bonds is 8. The van der Waals surface area contributed by atoms with Crippen molar-refractivity contribution in [1.82, 2.24) is 14.9 Å². The molecule has 3 aliphatic rings. The first-order chi connectivity index (χ1) is 16.4. The number of ether oxygens (including phenoxy) is 1. The second-order valence-electron chi connectivity index (χ2n) is 9.60. The molecule has 1 aromatic carbocycles. The lowest BCUT2D eigenvalue weighted by Gasteiger charge is -2.33. The molecular weight excluding hydrogens is 454 g/mol. The molecule has 2 saturated heterocycles. The van der Waals surface area contributed by atoms with Gasteiger partial charge in [-0.1, -0.05) is 38.7 Å². The van der Waals surface area contributed by atoms with Crippen LogP contribution in [0.25, 0.3) is 0 Å².